The SMILES string of the molecule is C=CCOCCn1ccc(=O)[nH]c1=O. The molecule has 1 aromatic heterocycles. The molecule has 0 spiro atoms. The summed E-state index contributed by atoms with van der Waals surface area (Å²) in [6.07, 6.45) is 3.08. The van der Waals surface area contributed by atoms with Crippen LogP contribution in [0.25, 0.3) is 0 Å². The van der Waals surface area contributed by atoms with Crippen molar-refractivity contribution in [2.24, 2.45) is 0 Å². The van der Waals surface area contributed by atoms with E-state index >= 15 is 0 Å². The lowest BCUT2D eigenvalue weighted by Gasteiger charge is -2.03. The van der Waals surface area contributed by atoms with E-state index in [4.69, 9.17) is 4.74 Å². The Morgan fingerprint density at radius 1 is 1.57 bits per heavy atom. The molecule has 1 aromatic rings. The first-order chi connectivity index (χ1) is 6.74. The zero-order valence-corrected chi connectivity index (χ0v) is 7.73. The van der Waals surface area contributed by atoms with E-state index in [1.54, 1.807) is 6.08 Å². The predicted octanol–water partition coefficient (Wildman–Crippen LogP) is -0.261. The van der Waals surface area contributed by atoms with Crippen molar-refractivity contribution in [3.05, 3.63) is 45.8 Å². The van der Waals surface area contributed by atoms with Crippen LogP contribution in [0.15, 0.2) is 34.5 Å². The number of ether oxygens (including phenoxy) is 1. The van der Waals surface area contributed by atoms with Crippen LogP contribution >= 0.6 is 0 Å². The maximum absolute atomic E-state index is 11.1. The highest BCUT2D eigenvalue weighted by molar-refractivity contribution is 4.82. The van der Waals surface area contributed by atoms with Crippen LogP contribution in [0.3, 0.4) is 0 Å². The highest BCUT2D eigenvalue weighted by Crippen LogP contribution is 1.80. The van der Waals surface area contributed by atoms with E-state index in [0.29, 0.717) is 19.8 Å². The van der Waals surface area contributed by atoms with Crippen molar-refractivity contribution in [1.29, 1.82) is 0 Å². The summed E-state index contributed by atoms with van der Waals surface area (Å²) in [4.78, 5) is 24.0. The summed E-state index contributed by atoms with van der Waals surface area (Å²) in [6.45, 7) is 4.78. The Bertz CT molecular complexity index is 405. The zero-order valence-electron chi connectivity index (χ0n) is 7.73. The Labute approximate surface area is 80.7 Å². The molecule has 0 aliphatic heterocycles. The van der Waals surface area contributed by atoms with E-state index in [0.717, 1.165) is 0 Å². The molecule has 0 aromatic carbocycles. The van der Waals surface area contributed by atoms with Gasteiger partial charge in [0.05, 0.1) is 19.8 Å². The predicted molar refractivity (Wildman–Crippen MR) is 52.3 cm³/mol. The Morgan fingerprint density at radius 2 is 2.36 bits per heavy atom. The molecule has 1 heterocycles. The van der Waals surface area contributed by atoms with Gasteiger partial charge in [-0.05, 0) is 0 Å². The minimum Gasteiger partial charge on any atom is -0.376 e. The molecule has 1 rings (SSSR count). The van der Waals surface area contributed by atoms with Gasteiger partial charge in [0.1, 0.15) is 0 Å². The largest absolute Gasteiger partial charge is 0.376 e. The Hall–Kier alpha value is -1.62. The lowest BCUT2D eigenvalue weighted by atomic mass is 10.6. The molecule has 0 fully saturated rings. The van der Waals surface area contributed by atoms with Gasteiger partial charge in [-0.3, -0.25) is 14.3 Å². The second-order valence-electron chi connectivity index (χ2n) is 2.67. The van der Waals surface area contributed by atoms with E-state index in [1.165, 1.54) is 16.8 Å². The van der Waals surface area contributed by atoms with Crippen LogP contribution in [0, 0.1) is 0 Å². The van der Waals surface area contributed by atoms with Crippen LogP contribution < -0.4 is 11.2 Å². The third-order valence-electron chi connectivity index (χ3n) is 1.61. The summed E-state index contributed by atoms with van der Waals surface area (Å²) in [5, 5.41) is 0. The molecule has 0 aliphatic carbocycles. The van der Waals surface area contributed by atoms with Crippen molar-refractivity contribution >= 4 is 0 Å². The molecule has 14 heavy (non-hydrogen) atoms. The first kappa shape index (κ1) is 10.5. The number of H-pyrrole nitrogens is 1. The summed E-state index contributed by atoms with van der Waals surface area (Å²) in [7, 11) is 0. The van der Waals surface area contributed by atoms with Crippen molar-refractivity contribution in [2.75, 3.05) is 13.2 Å². The van der Waals surface area contributed by atoms with Gasteiger partial charge < -0.3 is 4.74 Å². The minimum atomic E-state index is -0.417. The van der Waals surface area contributed by atoms with Crippen LogP contribution in [0.4, 0.5) is 0 Å². The van der Waals surface area contributed by atoms with Crippen molar-refractivity contribution in [2.45, 2.75) is 6.54 Å². The summed E-state index contributed by atoms with van der Waals surface area (Å²) in [5.74, 6) is 0. The first-order valence-electron chi connectivity index (χ1n) is 4.22. The molecule has 0 saturated heterocycles. The highest BCUT2D eigenvalue weighted by atomic mass is 16.5. The molecule has 0 atom stereocenters. The van der Waals surface area contributed by atoms with Crippen LogP contribution in [0.2, 0.25) is 0 Å². The molecular weight excluding hydrogens is 184 g/mol. The number of nitrogens with one attached hydrogen (secondary N) is 1. The summed E-state index contributed by atoms with van der Waals surface area (Å²) in [6, 6.07) is 1.30. The van der Waals surface area contributed by atoms with Crippen LogP contribution in [-0.4, -0.2) is 22.8 Å². The van der Waals surface area contributed by atoms with Gasteiger partial charge in [0.2, 0.25) is 0 Å². The minimum absolute atomic E-state index is 0.391. The van der Waals surface area contributed by atoms with Gasteiger partial charge >= 0.3 is 5.69 Å². The quantitative estimate of drug-likeness (QED) is 0.521. The van der Waals surface area contributed by atoms with Crippen molar-refractivity contribution in [3.8, 4) is 0 Å². The maximum atomic E-state index is 11.1. The fourth-order valence-electron chi connectivity index (χ4n) is 0.950. The summed E-state index contributed by atoms with van der Waals surface area (Å²) >= 11 is 0. The molecule has 0 unspecified atom stereocenters. The van der Waals surface area contributed by atoms with Gasteiger partial charge in [-0.25, -0.2) is 4.79 Å². The molecule has 1 N–H and O–H groups in total. The fraction of sp³-hybridized carbons (Fsp3) is 0.333. The van der Waals surface area contributed by atoms with Crippen LogP contribution in [0.5, 0.6) is 0 Å². The number of aromatic amines is 1. The highest BCUT2D eigenvalue weighted by Gasteiger charge is 1.94. The Morgan fingerprint density at radius 3 is 3.00 bits per heavy atom. The van der Waals surface area contributed by atoms with E-state index in [2.05, 4.69) is 11.6 Å². The number of hydrogen-bond donors (Lipinski definition) is 1. The normalized spacial score (nSPS) is 10.0. The number of hydrogen-bond acceptors (Lipinski definition) is 3. The molecule has 76 valence electrons. The van der Waals surface area contributed by atoms with E-state index in [1.807, 2.05) is 0 Å². The molecule has 5 heteroatoms. The van der Waals surface area contributed by atoms with Crippen molar-refractivity contribution < 1.29 is 4.74 Å². The van der Waals surface area contributed by atoms with Gasteiger partial charge in [-0.2, -0.15) is 0 Å². The third-order valence-corrected chi connectivity index (χ3v) is 1.61. The number of nitrogens with zero attached hydrogens (tertiary/aromatic N) is 1. The van der Waals surface area contributed by atoms with Crippen LogP contribution in [0.1, 0.15) is 0 Å². The summed E-state index contributed by atoms with van der Waals surface area (Å²) < 4.78 is 6.48. The molecule has 0 radical (unpaired) electrons. The van der Waals surface area contributed by atoms with Gasteiger partial charge in [0, 0.05) is 12.3 Å². The van der Waals surface area contributed by atoms with Crippen molar-refractivity contribution in [1.82, 2.24) is 9.55 Å². The molecule has 0 bridgehead atoms. The first-order valence-corrected chi connectivity index (χ1v) is 4.22. The second kappa shape index (κ2) is 5.18. The lowest BCUT2D eigenvalue weighted by Crippen LogP contribution is -2.29. The Balaban J connectivity index is 2.55. The number of rotatable bonds is 5. The zero-order chi connectivity index (χ0) is 10.4. The van der Waals surface area contributed by atoms with Gasteiger partial charge in [-0.1, -0.05) is 6.08 Å². The molecule has 0 amide bonds. The monoisotopic (exact) mass is 196 g/mol. The average Bonchev–Trinajstić information content (AvgIpc) is 2.15. The average molecular weight is 196 g/mol. The molecular formula is C9H12N2O3. The maximum Gasteiger partial charge on any atom is 0.328 e. The third kappa shape index (κ3) is 3.02. The van der Waals surface area contributed by atoms with Crippen molar-refractivity contribution in [3.63, 3.8) is 0 Å². The number of aromatic nitrogens is 2. The van der Waals surface area contributed by atoms with E-state index < -0.39 is 11.2 Å². The van der Waals surface area contributed by atoms with Crippen LogP contribution in [-0.2, 0) is 11.3 Å². The van der Waals surface area contributed by atoms with E-state index in [-0.39, 0.29) is 0 Å². The van der Waals surface area contributed by atoms with Gasteiger partial charge in [-0.15, -0.1) is 6.58 Å². The van der Waals surface area contributed by atoms with E-state index in [9.17, 15) is 9.59 Å². The fourth-order valence-corrected chi connectivity index (χ4v) is 0.950. The standard InChI is InChI=1S/C9H12N2O3/c1-2-6-14-7-5-11-4-3-8(12)10-9(11)13/h2-4H,1,5-7H2,(H,10,12,13). The molecule has 0 aliphatic rings. The topological polar surface area (TPSA) is 64.1 Å². The second-order valence-corrected chi connectivity index (χ2v) is 2.67. The van der Waals surface area contributed by atoms with Gasteiger partial charge in [0.15, 0.2) is 0 Å². The Kier molecular flexibility index (Phi) is 3.87. The lowest BCUT2D eigenvalue weighted by molar-refractivity contribution is 0.152. The smallest absolute Gasteiger partial charge is 0.328 e. The molecule has 5 nitrogen and oxygen atoms in total. The van der Waals surface area contributed by atoms with Gasteiger partial charge in [0.25, 0.3) is 5.56 Å². The molecule has 0 saturated carbocycles. The summed E-state index contributed by atoms with van der Waals surface area (Å²) in [5.41, 5.74) is -0.807.